The van der Waals surface area contributed by atoms with Crippen LogP contribution in [0.3, 0.4) is 0 Å². The third kappa shape index (κ3) is 3.07. The van der Waals surface area contributed by atoms with Crippen LogP contribution < -0.4 is 5.73 Å². The number of rotatable bonds is 5. The van der Waals surface area contributed by atoms with E-state index in [4.69, 9.17) is 5.73 Å². The SMILES string of the molecule is CCCN(C)CC1CN=NC1c1ccc(N)cc1. The first kappa shape index (κ1) is 13.0. The summed E-state index contributed by atoms with van der Waals surface area (Å²) in [5.41, 5.74) is 7.74. The molecule has 1 aliphatic heterocycles. The van der Waals surface area contributed by atoms with Gasteiger partial charge in [-0.05, 0) is 37.7 Å². The van der Waals surface area contributed by atoms with Crippen LogP contribution >= 0.6 is 0 Å². The van der Waals surface area contributed by atoms with Gasteiger partial charge < -0.3 is 10.6 Å². The standard InChI is InChI=1S/C14H22N4/c1-3-8-18(2)10-12-9-16-17-14(12)11-4-6-13(15)7-5-11/h4-7,12,14H,3,8-10,15H2,1-2H3. The number of nitrogens with two attached hydrogens (primary N) is 1. The van der Waals surface area contributed by atoms with Gasteiger partial charge in [-0.15, -0.1) is 0 Å². The van der Waals surface area contributed by atoms with Gasteiger partial charge in [0, 0.05) is 18.2 Å². The lowest BCUT2D eigenvalue weighted by atomic mass is 9.94. The van der Waals surface area contributed by atoms with Crippen molar-refractivity contribution >= 4 is 5.69 Å². The Morgan fingerprint density at radius 2 is 2.06 bits per heavy atom. The highest BCUT2D eigenvalue weighted by molar-refractivity contribution is 5.40. The van der Waals surface area contributed by atoms with Crippen LogP contribution in [-0.2, 0) is 0 Å². The molecule has 0 amide bonds. The molecular formula is C14H22N4. The molecule has 4 heteroatoms. The van der Waals surface area contributed by atoms with Crippen LogP contribution in [0.2, 0.25) is 0 Å². The number of nitrogen functional groups attached to an aromatic ring is 1. The third-order valence-corrected chi connectivity index (χ3v) is 3.40. The second-order valence-corrected chi connectivity index (χ2v) is 5.07. The molecule has 0 aromatic heterocycles. The molecule has 98 valence electrons. The highest BCUT2D eigenvalue weighted by atomic mass is 15.2. The van der Waals surface area contributed by atoms with Gasteiger partial charge in [0.25, 0.3) is 0 Å². The highest BCUT2D eigenvalue weighted by Gasteiger charge is 2.28. The van der Waals surface area contributed by atoms with E-state index in [1.807, 2.05) is 12.1 Å². The Labute approximate surface area is 109 Å². The zero-order chi connectivity index (χ0) is 13.0. The van der Waals surface area contributed by atoms with Gasteiger partial charge >= 0.3 is 0 Å². The van der Waals surface area contributed by atoms with E-state index in [1.54, 1.807) is 0 Å². The average Bonchev–Trinajstić information content (AvgIpc) is 2.78. The summed E-state index contributed by atoms with van der Waals surface area (Å²) in [5, 5.41) is 8.61. The molecule has 2 N–H and O–H groups in total. The van der Waals surface area contributed by atoms with Gasteiger partial charge in [0.05, 0.1) is 6.54 Å². The Kier molecular flexibility index (Phi) is 4.31. The fraction of sp³-hybridized carbons (Fsp3) is 0.571. The minimum absolute atomic E-state index is 0.199. The van der Waals surface area contributed by atoms with E-state index in [9.17, 15) is 0 Å². The average molecular weight is 246 g/mol. The molecule has 1 aromatic carbocycles. The lowest BCUT2D eigenvalue weighted by molar-refractivity contribution is 0.271. The van der Waals surface area contributed by atoms with Gasteiger partial charge in [-0.1, -0.05) is 19.1 Å². The molecule has 0 fully saturated rings. The summed E-state index contributed by atoms with van der Waals surface area (Å²) >= 11 is 0. The van der Waals surface area contributed by atoms with Crippen LogP contribution in [0.4, 0.5) is 5.69 Å². The van der Waals surface area contributed by atoms with Gasteiger partial charge in [-0.3, -0.25) is 0 Å². The number of hydrogen-bond acceptors (Lipinski definition) is 4. The van der Waals surface area contributed by atoms with Crippen LogP contribution in [0.1, 0.15) is 24.9 Å². The molecule has 0 spiro atoms. The number of hydrogen-bond donors (Lipinski definition) is 1. The van der Waals surface area contributed by atoms with Crippen molar-refractivity contribution in [2.75, 3.05) is 32.4 Å². The van der Waals surface area contributed by atoms with E-state index < -0.39 is 0 Å². The maximum absolute atomic E-state index is 5.72. The molecule has 1 heterocycles. The summed E-state index contributed by atoms with van der Waals surface area (Å²) in [7, 11) is 2.17. The number of benzene rings is 1. The maximum atomic E-state index is 5.72. The molecule has 1 aromatic rings. The van der Waals surface area contributed by atoms with Crippen LogP contribution in [0, 0.1) is 5.92 Å². The monoisotopic (exact) mass is 246 g/mol. The molecule has 0 saturated heterocycles. The van der Waals surface area contributed by atoms with E-state index in [0.717, 1.165) is 25.3 Å². The molecule has 2 rings (SSSR count). The smallest absolute Gasteiger partial charge is 0.102 e. The predicted molar refractivity (Wildman–Crippen MR) is 74.6 cm³/mol. The predicted octanol–water partition coefficient (Wildman–Crippen LogP) is 2.73. The van der Waals surface area contributed by atoms with Gasteiger partial charge in [0.15, 0.2) is 0 Å². The Morgan fingerprint density at radius 1 is 1.33 bits per heavy atom. The van der Waals surface area contributed by atoms with E-state index in [0.29, 0.717) is 5.92 Å². The topological polar surface area (TPSA) is 54.0 Å². The summed E-state index contributed by atoms with van der Waals surface area (Å²) in [5.74, 6) is 0.491. The van der Waals surface area contributed by atoms with Crippen molar-refractivity contribution in [3.63, 3.8) is 0 Å². The second-order valence-electron chi connectivity index (χ2n) is 5.07. The fourth-order valence-electron chi connectivity index (χ4n) is 2.50. The number of azo groups is 1. The zero-order valence-electron chi connectivity index (χ0n) is 11.2. The lowest BCUT2D eigenvalue weighted by Gasteiger charge is -2.23. The zero-order valence-corrected chi connectivity index (χ0v) is 11.2. The van der Waals surface area contributed by atoms with Gasteiger partial charge in [-0.25, -0.2) is 0 Å². The van der Waals surface area contributed by atoms with Crippen molar-refractivity contribution < 1.29 is 0 Å². The minimum atomic E-state index is 0.199. The summed E-state index contributed by atoms with van der Waals surface area (Å²) in [6, 6.07) is 8.21. The summed E-state index contributed by atoms with van der Waals surface area (Å²) in [4.78, 5) is 2.37. The Hall–Kier alpha value is -1.42. The van der Waals surface area contributed by atoms with Gasteiger partial charge in [0.2, 0.25) is 0 Å². The molecule has 4 nitrogen and oxygen atoms in total. The van der Waals surface area contributed by atoms with Gasteiger partial charge in [0.1, 0.15) is 6.04 Å². The van der Waals surface area contributed by atoms with Crippen LogP contribution in [-0.4, -0.2) is 31.6 Å². The minimum Gasteiger partial charge on any atom is -0.399 e. The van der Waals surface area contributed by atoms with Crippen molar-refractivity contribution in [1.82, 2.24) is 4.90 Å². The largest absolute Gasteiger partial charge is 0.399 e. The highest BCUT2D eigenvalue weighted by Crippen LogP contribution is 2.32. The Morgan fingerprint density at radius 3 is 2.72 bits per heavy atom. The van der Waals surface area contributed by atoms with E-state index in [2.05, 4.69) is 41.2 Å². The second kappa shape index (κ2) is 5.96. The molecule has 1 aliphatic rings. The first-order valence-corrected chi connectivity index (χ1v) is 6.61. The fourth-order valence-corrected chi connectivity index (χ4v) is 2.50. The molecular weight excluding hydrogens is 224 g/mol. The van der Waals surface area contributed by atoms with Crippen LogP contribution in [0.25, 0.3) is 0 Å². The van der Waals surface area contributed by atoms with Crippen molar-refractivity contribution in [3.8, 4) is 0 Å². The summed E-state index contributed by atoms with van der Waals surface area (Å²) in [6.07, 6.45) is 1.18. The number of anilines is 1. The van der Waals surface area contributed by atoms with E-state index in [1.165, 1.54) is 12.0 Å². The quantitative estimate of drug-likeness (QED) is 0.812. The van der Waals surface area contributed by atoms with Crippen molar-refractivity contribution in [2.24, 2.45) is 16.1 Å². The van der Waals surface area contributed by atoms with Crippen LogP contribution in [0.15, 0.2) is 34.5 Å². The van der Waals surface area contributed by atoms with Crippen LogP contribution in [0.5, 0.6) is 0 Å². The molecule has 18 heavy (non-hydrogen) atoms. The van der Waals surface area contributed by atoms with Crippen molar-refractivity contribution in [2.45, 2.75) is 19.4 Å². The molecule has 2 atom stereocenters. The van der Waals surface area contributed by atoms with Crippen molar-refractivity contribution in [1.29, 1.82) is 0 Å². The van der Waals surface area contributed by atoms with E-state index in [-0.39, 0.29) is 6.04 Å². The summed E-state index contributed by atoms with van der Waals surface area (Å²) < 4.78 is 0. The molecule has 0 radical (unpaired) electrons. The third-order valence-electron chi connectivity index (χ3n) is 3.40. The number of nitrogens with zero attached hydrogens (tertiary/aromatic N) is 3. The Bertz CT molecular complexity index is 399. The maximum Gasteiger partial charge on any atom is 0.102 e. The Balaban J connectivity index is 2.02. The molecule has 0 saturated carbocycles. The molecule has 2 unspecified atom stereocenters. The van der Waals surface area contributed by atoms with E-state index >= 15 is 0 Å². The van der Waals surface area contributed by atoms with Crippen molar-refractivity contribution in [3.05, 3.63) is 29.8 Å². The first-order valence-electron chi connectivity index (χ1n) is 6.61. The molecule has 0 aliphatic carbocycles. The lowest BCUT2D eigenvalue weighted by Crippen LogP contribution is -2.29. The summed E-state index contributed by atoms with van der Waals surface area (Å²) in [6.45, 7) is 5.22. The first-order chi connectivity index (χ1) is 8.70. The van der Waals surface area contributed by atoms with Gasteiger partial charge in [-0.2, -0.15) is 10.2 Å². The normalized spacial score (nSPS) is 22.8. The molecule has 0 bridgehead atoms.